The number of halogens is 2. The van der Waals surface area contributed by atoms with Gasteiger partial charge in [0.15, 0.2) is 0 Å². The topological polar surface area (TPSA) is 26.0 Å². The molecule has 2 N–H and O–H groups in total. The highest BCUT2D eigenvalue weighted by atomic mass is 35.5. The van der Waals surface area contributed by atoms with Crippen LogP contribution in [0.15, 0.2) is 48.5 Å². The highest BCUT2D eigenvalue weighted by molar-refractivity contribution is 6.31. The fraction of sp³-hybridized carbons (Fsp3) is 0.0769. The normalized spacial score (nSPS) is 10.8. The van der Waals surface area contributed by atoms with E-state index in [0.29, 0.717) is 10.0 Å². The minimum absolute atomic E-state index is 0.197. The van der Waals surface area contributed by atoms with E-state index in [1.54, 1.807) is 0 Å². The zero-order chi connectivity index (χ0) is 11.5. The van der Waals surface area contributed by atoms with Crippen LogP contribution in [0.2, 0.25) is 10.0 Å². The Labute approximate surface area is 105 Å². The van der Waals surface area contributed by atoms with Crippen molar-refractivity contribution < 1.29 is 0 Å². The third kappa shape index (κ3) is 2.56. The third-order valence-corrected chi connectivity index (χ3v) is 2.89. The van der Waals surface area contributed by atoms with E-state index in [9.17, 15) is 0 Å². The molecule has 0 aliphatic carbocycles. The van der Waals surface area contributed by atoms with Crippen molar-refractivity contribution in [2.24, 2.45) is 5.73 Å². The molecule has 0 saturated heterocycles. The molecule has 1 nitrogen and oxygen atoms in total. The van der Waals surface area contributed by atoms with Crippen molar-refractivity contribution in [3.63, 3.8) is 0 Å². The number of benzene rings is 2. The monoisotopic (exact) mass is 251 g/mol. The Balaban J connectivity index is 2.35. The molecule has 0 atom stereocenters. The maximum Gasteiger partial charge on any atom is 0.0552 e. The van der Waals surface area contributed by atoms with Crippen molar-refractivity contribution in [2.45, 2.75) is 6.04 Å². The van der Waals surface area contributed by atoms with Crippen molar-refractivity contribution >= 4 is 23.2 Å². The van der Waals surface area contributed by atoms with Crippen molar-refractivity contribution in [3.05, 3.63) is 69.7 Å². The number of rotatable bonds is 2. The van der Waals surface area contributed by atoms with Crippen LogP contribution < -0.4 is 5.73 Å². The molecular weight excluding hydrogens is 241 g/mol. The van der Waals surface area contributed by atoms with Crippen molar-refractivity contribution in [3.8, 4) is 0 Å². The second kappa shape index (κ2) is 4.88. The second-order valence-electron chi connectivity index (χ2n) is 3.59. The van der Waals surface area contributed by atoms with Gasteiger partial charge in [-0.1, -0.05) is 47.5 Å². The summed E-state index contributed by atoms with van der Waals surface area (Å²) in [6, 6.07) is 14.9. The summed E-state index contributed by atoms with van der Waals surface area (Å²) in [4.78, 5) is 0. The lowest BCUT2D eigenvalue weighted by atomic mass is 10.00. The average Bonchev–Trinajstić information content (AvgIpc) is 2.28. The van der Waals surface area contributed by atoms with E-state index in [1.165, 1.54) is 0 Å². The second-order valence-corrected chi connectivity index (χ2v) is 4.46. The highest BCUT2D eigenvalue weighted by Gasteiger charge is 2.09. The van der Waals surface area contributed by atoms with E-state index in [1.807, 2.05) is 48.5 Å². The minimum Gasteiger partial charge on any atom is -0.320 e. The molecule has 0 bridgehead atoms. The maximum absolute atomic E-state index is 6.14. The van der Waals surface area contributed by atoms with Crippen LogP contribution in [0.1, 0.15) is 17.2 Å². The van der Waals surface area contributed by atoms with E-state index >= 15 is 0 Å². The molecule has 0 radical (unpaired) electrons. The third-order valence-electron chi connectivity index (χ3n) is 2.42. The molecular formula is C13H11Cl2N. The van der Waals surface area contributed by atoms with Crippen LogP contribution >= 0.6 is 23.2 Å². The molecule has 2 aromatic carbocycles. The molecule has 2 rings (SSSR count). The number of hydrogen-bond acceptors (Lipinski definition) is 1. The van der Waals surface area contributed by atoms with Gasteiger partial charge in [-0.15, -0.1) is 0 Å². The van der Waals surface area contributed by atoms with Gasteiger partial charge in [-0.2, -0.15) is 0 Å². The zero-order valence-corrected chi connectivity index (χ0v) is 10.0. The molecule has 0 saturated carbocycles. The highest BCUT2D eigenvalue weighted by Crippen LogP contribution is 2.24. The molecule has 0 heterocycles. The van der Waals surface area contributed by atoms with Crippen LogP contribution in [0.5, 0.6) is 0 Å². The van der Waals surface area contributed by atoms with Gasteiger partial charge < -0.3 is 5.73 Å². The van der Waals surface area contributed by atoms with Gasteiger partial charge in [0.1, 0.15) is 0 Å². The van der Waals surface area contributed by atoms with Gasteiger partial charge in [0.25, 0.3) is 0 Å². The lowest BCUT2D eigenvalue weighted by Crippen LogP contribution is -2.11. The first-order valence-corrected chi connectivity index (χ1v) is 5.69. The first-order chi connectivity index (χ1) is 7.66. The van der Waals surface area contributed by atoms with Crippen molar-refractivity contribution in [2.75, 3.05) is 0 Å². The van der Waals surface area contributed by atoms with Crippen molar-refractivity contribution in [1.82, 2.24) is 0 Å². The van der Waals surface area contributed by atoms with E-state index in [-0.39, 0.29) is 6.04 Å². The fourth-order valence-corrected chi connectivity index (χ4v) is 1.99. The SMILES string of the molecule is NC(c1cccc(Cl)c1)c1cccc(Cl)c1. The van der Waals surface area contributed by atoms with Crippen molar-refractivity contribution in [1.29, 1.82) is 0 Å². The fourth-order valence-electron chi connectivity index (χ4n) is 1.59. The van der Waals surface area contributed by atoms with E-state index < -0.39 is 0 Å². The molecule has 3 heteroatoms. The summed E-state index contributed by atoms with van der Waals surface area (Å²) in [5.74, 6) is 0. The first kappa shape index (κ1) is 11.5. The van der Waals surface area contributed by atoms with Gasteiger partial charge in [-0.25, -0.2) is 0 Å². The summed E-state index contributed by atoms with van der Waals surface area (Å²) in [5, 5.41) is 1.38. The lowest BCUT2D eigenvalue weighted by molar-refractivity contribution is 0.872. The molecule has 82 valence electrons. The Morgan fingerprint density at radius 2 is 1.25 bits per heavy atom. The Morgan fingerprint density at radius 1 is 0.812 bits per heavy atom. The summed E-state index contributed by atoms with van der Waals surface area (Å²) in [7, 11) is 0. The summed E-state index contributed by atoms with van der Waals surface area (Å²) in [6.45, 7) is 0. The summed E-state index contributed by atoms with van der Waals surface area (Å²) >= 11 is 11.9. The summed E-state index contributed by atoms with van der Waals surface area (Å²) in [5.41, 5.74) is 8.10. The largest absolute Gasteiger partial charge is 0.320 e. The smallest absolute Gasteiger partial charge is 0.0552 e. The quantitative estimate of drug-likeness (QED) is 0.857. The molecule has 16 heavy (non-hydrogen) atoms. The van der Waals surface area contributed by atoms with E-state index in [4.69, 9.17) is 28.9 Å². The first-order valence-electron chi connectivity index (χ1n) is 4.93. The number of nitrogens with two attached hydrogens (primary N) is 1. The van der Waals surface area contributed by atoms with E-state index in [2.05, 4.69) is 0 Å². The minimum atomic E-state index is -0.197. The van der Waals surface area contributed by atoms with Gasteiger partial charge in [-0.3, -0.25) is 0 Å². The molecule has 0 aromatic heterocycles. The van der Waals surface area contributed by atoms with Gasteiger partial charge in [0.2, 0.25) is 0 Å². The Kier molecular flexibility index (Phi) is 3.49. The Hall–Kier alpha value is -1.02. The van der Waals surface area contributed by atoms with Gasteiger partial charge in [0, 0.05) is 10.0 Å². The van der Waals surface area contributed by atoms with Gasteiger partial charge in [0.05, 0.1) is 6.04 Å². The Bertz CT molecular complexity index is 451. The zero-order valence-electron chi connectivity index (χ0n) is 8.53. The molecule has 0 aliphatic rings. The number of hydrogen-bond donors (Lipinski definition) is 1. The average molecular weight is 252 g/mol. The molecule has 0 unspecified atom stereocenters. The standard InChI is InChI=1S/C13H11Cl2N/c14-11-5-1-3-9(7-11)13(16)10-4-2-6-12(15)8-10/h1-8,13H,16H2. The lowest BCUT2D eigenvalue weighted by Gasteiger charge is -2.13. The predicted octanol–water partition coefficient (Wildman–Crippen LogP) is 4.04. The van der Waals surface area contributed by atoms with Crippen LogP contribution in [0.25, 0.3) is 0 Å². The predicted molar refractivity (Wildman–Crippen MR) is 68.9 cm³/mol. The van der Waals surface area contributed by atoms with E-state index in [0.717, 1.165) is 11.1 Å². The summed E-state index contributed by atoms with van der Waals surface area (Å²) in [6.07, 6.45) is 0. The Morgan fingerprint density at radius 3 is 1.62 bits per heavy atom. The maximum atomic E-state index is 6.14. The van der Waals surface area contributed by atoms with Crippen LogP contribution in [-0.2, 0) is 0 Å². The molecule has 0 fully saturated rings. The molecule has 0 spiro atoms. The summed E-state index contributed by atoms with van der Waals surface area (Å²) < 4.78 is 0. The molecule has 0 amide bonds. The molecule has 0 aliphatic heterocycles. The molecule has 2 aromatic rings. The van der Waals surface area contributed by atoms with Crippen LogP contribution in [0.4, 0.5) is 0 Å². The van der Waals surface area contributed by atoms with Crippen LogP contribution in [0.3, 0.4) is 0 Å². The van der Waals surface area contributed by atoms with Gasteiger partial charge in [-0.05, 0) is 35.4 Å². The van der Waals surface area contributed by atoms with Crippen LogP contribution in [0, 0.1) is 0 Å². The van der Waals surface area contributed by atoms with Gasteiger partial charge >= 0.3 is 0 Å². The van der Waals surface area contributed by atoms with Crippen LogP contribution in [-0.4, -0.2) is 0 Å².